The molecule has 0 radical (unpaired) electrons. The third-order valence-electron chi connectivity index (χ3n) is 3.38. The van der Waals surface area contributed by atoms with Crippen LogP contribution in [0.5, 0.6) is 5.75 Å². The third kappa shape index (κ3) is 3.10. The molecule has 5 heteroatoms. The van der Waals surface area contributed by atoms with Gasteiger partial charge in [-0.05, 0) is 32.4 Å². The lowest BCUT2D eigenvalue weighted by Crippen LogP contribution is -2.30. The van der Waals surface area contributed by atoms with E-state index in [9.17, 15) is 9.59 Å². The molecule has 0 aliphatic carbocycles. The summed E-state index contributed by atoms with van der Waals surface area (Å²) in [6.07, 6.45) is 1.45. The number of carbonyl (C=O) groups is 2. The van der Waals surface area contributed by atoms with E-state index in [-0.39, 0.29) is 12.5 Å². The van der Waals surface area contributed by atoms with Crippen LogP contribution in [-0.4, -0.2) is 30.1 Å². The quantitative estimate of drug-likeness (QED) is 0.896. The van der Waals surface area contributed by atoms with E-state index in [1.165, 1.54) is 0 Å². The van der Waals surface area contributed by atoms with Gasteiger partial charge in [-0.15, -0.1) is 0 Å². The lowest BCUT2D eigenvalue weighted by Gasteiger charge is -2.21. The number of nitrogens with zero attached hydrogens (tertiary/aromatic N) is 1. The normalized spacial score (nSPS) is 15.5. The van der Waals surface area contributed by atoms with Gasteiger partial charge in [0.1, 0.15) is 12.4 Å². The number of carbonyl (C=O) groups excluding carboxylic acids is 1. The zero-order chi connectivity index (χ0) is 14.8. The summed E-state index contributed by atoms with van der Waals surface area (Å²) in [5.41, 5.74) is -0.141. The molecular formula is C15H19NO4. The zero-order valence-corrected chi connectivity index (χ0v) is 11.8. The second kappa shape index (κ2) is 5.53. The van der Waals surface area contributed by atoms with E-state index >= 15 is 0 Å². The summed E-state index contributed by atoms with van der Waals surface area (Å²) in [4.78, 5) is 24.5. The highest BCUT2D eigenvalue weighted by Crippen LogP contribution is 2.26. The Morgan fingerprint density at radius 3 is 2.80 bits per heavy atom. The first-order valence-corrected chi connectivity index (χ1v) is 6.67. The molecule has 0 aromatic heterocycles. The smallest absolute Gasteiger partial charge is 0.312 e. The topological polar surface area (TPSA) is 66.8 Å². The van der Waals surface area contributed by atoms with Crippen molar-refractivity contribution in [3.63, 3.8) is 0 Å². The fourth-order valence-electron chi connectivity index (χ4n) is 1.99. The van der Waals surface area contributed by atoms with Gasteiger partial charge in [0, 0.05) is 24.7 Å². The second-order valence-corrected chi connectivity index (χ2v) is 5.62. The van der Waals surface area contributed by atoms with E-state index in [0.29, 0.717) is 12.2 Å². The summed E-state index contributed by atoms with van der Waals surface area (Å²) in [6.45, 7) is 4.04. The average molecular weight is 277 g/mol. The minimum absolute atomic E-state index is 0.0831. The Kier molecular flexibility index (Phi) is 3.97. The van der Waals surface area contributed by atoms with Crippen LogP contribution in [-0.2, 0) is 9.59 Å². The number of aliphatic carboxylic acids is 1. The molecule has 1 N–H and O–H groups in total. The van der Waals surface area contributed by atoms with Crippen molar-refractivity contribution in [2.75, 3.05) is 18.1 Å². The maximum atomic E-state index is 11.7. The van der Waals surface area contributed by atoms with Crippen molar-refractivity contribution in [2.45, 2.75) is 26.7 Å². The number of benzene rings is 1. The fraction of sp³-hybridized carbons (Fsp3) is 0.467. The monoisotopic (exact) mass is 277 g/mol. The van der Waals surface area contributed by atoms with Gasteiger partial charge in [-0.25, -0.2) is 0 Å². The van der Waals surface area contributed by atoms with Crippen LogP contribution in [0.4, 0.5) is 5.69 Å². The predicted octanol–water partition coefficient (Wildman–Crippen LogP) is 2.30. The van der Waals surface area contributed by atoms with Crippen molar-refractivity contribution in [2.24, 2.45) is 5.41 Å². The van der Waals surface area contributed by atoms with Gasteiger partial charge in [-0.3, -0.25) is 9.59 Å². The van der Waals surface area contributed by atoms with Gasteiger partial charge >= 0.3 is 5.97 Å². The van der Waals surface area contributed by atoms with Gasteiger partial charge in [0.25, 0.3) is 0 Å². The van der Waals surface area contributed by atoms with E-state index in [0.717, 1.165) is 18.7 Å². The molecule has 1 fully saturated rings. The molecule has 2 rings (SSSR count). The summed E-state index contributed by atoms with van der Waals surface area (Å²) < 4.78 is 5.55. The van der Waals surface area contributed by atoms with Crippen molar-refractivity contribution in [3.05, 3.63) is 24.3 Å². The van der Waals surface area contributed by atoms with Crippen LogP contribution in [0.2, 0.25) is 0 Å². The largest absolute Gasteiger partial charge is 0.492 e. The molecule has 1 aromatic rings. The first kappa shape index (κ1) is 14.4. The van der Waals surface area contributed by atoms with Crippen LogP contribution in [0.1, 0.15) is 26.7 Å². The van der Waals surface area contributed by atoms with E-state index in [1.54, 1.807) is 30.9 Å². The second-order valence-electron chi connectivity index (χ2n) is 5.62. The highest BCUT2D eigenvalue weighted by Gasteiger charge is 2.28. The van der Waals surface area contributed by atoms with Gasteiger partial charge in [0.15, 0.2) is 0 Å². The van der Waals surface area contributed by atoms with Gasteiger partial charge in [-0.1, -0.05) is 6.07 Å². The maximum Gasteiger partial charge on any atom is 0.312 e. The fourth-order valence-corrected chi connectivity index (χ4v) is 1.99. The summed E-state index contributed by atoms with van der Waals surface area (Å²) in [5.74, 6) is -0.201. The Hall–Kier alpha value is -2.04. The molecule has 1 saturated heterocycles. The minimum Gasteiger partial charge on any atom is -0.492 e. The molecular weight excluding hydrogens is 258 g/mol. The number of rotatable bonds is 5. The van der Waals surface area contributed by atoms with E-state index in [4.69, 9.17) is 9.84 Å². The van der Waals surface area contributed by atoms with E-state index in [2.05, 4.69) is 0 Å². The number of amides is 1. The molecule has 0 saturated carbocycles. The lowest BCUT2D eigenvalue weighted by molar-refractivity contribution is -0.148. The molecule has 20 heavy (non-hydrogen) atoms. The molecule has 1 amide bonds. The highest BCUT2D eigenvalue weighted by molar-refractivity contribution is 5.95. The zero-order valence-electron chi connectivity index (χ0n) is 11.8. The minimum atomic E-state index is -0.945. The molecule has 0 spiro atoms. The molecule has 108 valence electrons. The standard InChI is InChI=1S/C15H19NO4/c1-15(2,14(18)19)10-20-12-6-3-5-11(9-12)16-8-4-7-13(16)17/h3,5-6,9H,4,7-8,10H2,1-2H3,(H,18,19). The van der Waals surface area contributed by atoms with Crippen LogP contribution in [0.3, 0.4) is 0 Å². The van der Waals surface area contributed by atoms with Gasteiger partial charge in [0.2, 0.25) is 5.91 Å². The lowest BCUT2D eigenvalue weighted by atomic mass is 9.95. The highest BCUT2D eigenvalue weighted by atomic mass is 16.5. The summed E-state index contributed by atoms with van der Waals surface area (Å²) in [7, 11) is 0. The SMILES string of the molecule is CC(C)(COc1cccc(N2CCCC2=O)c1)C(=O)O. The maximum absolute atomic E-state index is 11.7. The number of hydrogen-bond acceptors (Lipinski definition) is 3. The van der Waals surface area contributed by atoms with Gasteiger partial charge in [-0.2, -0.15) is 0 Å². The molecule has 0 bridgehead atoms. The first-order valence-electron chi connectivity index (χ1n) is 6.67. The van der Waals surface area contributed by atoms with Crippen LogP contribution >= 0.6 is 0 Å². The Morgan fingerprint density at radius 1 is 1.45 bits per heavy atom. The molecule has 1 aliphatic rings. The molecule has 0 unspecified atom stereocenters. The van der Waals surface area contributed by atoms with Gasteiger partial charge < -0.3 is 14.7 Å². The van der Waals surface area contributed by atoms with E-state index < -0.39 is 11.4 Å². The van der Waals surface area contributed by atoms with Crippen molar-refractivity contribution in [1.82, 2.24) is 0 Å². The number of carboxylic acids is 1. The summed E-state index contributed by atoms with van der Waals surface area (Å²) in [5, 5.41) is 9.05. The summed E-state index contributed by atoms with van der Waals surface area (Å²) in [6, 6.07) is 7.21. The number of anilines is 1. The van der Waals surface area contributed by atoms with Crippen LogP contribution in [0, 0.1) is 5.41 Å². The third-order valence-corrected chi connectivity index (χ3v) is 3.38. The van der Waals surface area contributed by atoms with Crippen molar-refractivity contribution in [1.29, 1.82) is 0 Å². The first-order chi connectivity index (χ1) is 9.40. The Bertz CT molecular complexity index is 524. The van der Waals surface area contributed by atoms with Gasteiger partial charge in [0.05, 0.1) is 5.41 Å². The van der Waals surface area contributed by atoms with Crippen molar-refractivity contribution >= 4 is 17.6 Å². The Balaban J connectivity index is 2.07. The predicted molar refractivity (Wildman–Crippen MR) is 74.9 cm³/mol. The van der Waals surface area contributed by atoms with Crippen LogP contribution < -0.4 is 9.64 Å². The summed E-state index contributed by atoms with van der Waals surface area (Å²) >= 11 is 0. The number of hydrogen-bond donors (Lipinski definition) is 1. The molecule has 1 aliphatic heterocycles. The molecule has 1 heterocycles. The number of ether oxygens (including phenoxy) is 1. The average Bonchev–Trinajstić information content (AvgIpc) is 2.83. The van der Waals surface area contributed by atoms with Crippen LogP contribution in [0.25, 0.3) is 0 Å². The molecule has 1 aromatic carbocycles. The molecule has 0 atom stereocenters. The number of carboxylic acid groups (broad SMARTS) is 1. The molecule has 5 nitrogen and oxygen atoms in total. The van der Waals surface area contributed by atoms with Crippen molar-refractivity contribution in [3.8, 4) is 5.75 Å². The van der Waals surface area contributed by atoms with Crippen molar-refractivity contribution < 1.29 is 19.4 Å². The Morgan fingerprint density at radius 2 is 2.20 bits per heavy atom. The Labute approximate surface area is 118 Å². The van der Waals surface area contributed by atoms with E-state index in [1.807, 2.05) is 12.1 Å². The van der Waals surface area contributed by atoms with Crippen LogP contribution in [0.15, 0.2) is 24.3 Å².